The molecule has 0 radical (unpaired) electrons. The predicted octanol–water partition coefficient (Wildman–Crippen LogP) is 3.65. The Morgan fingerprint density at radius 2 is 1.92 bits per heavy atom. The molecule has 2 aromatic carbocycles. The van der Waals surface area contributed by atoms with E-state index >= 15 is 0 Å². The van der Waals surface area contributed by atoms with Gasteiger partial charge < -0.3 is 10.1 Å². The molecule has 0 aromatic heterocycles. The van der Waals surface area contributed by atoms with Gasteiger partial charge in [-0.2, -0.15) is 8.78 Å². The number of rotatable bonds is 6. The molecule has 25 heavy (non-hydrogen) atoms. The van der Waals surface area contributed by atoms with Crippen molar-refractivity contribution >= 4 is 26.9 Å². The maximum atomic E-state index is 12.4. The van der Waals surface area contributed by atoms with Crippen LogP contribution >= 0.6 is 0 Å². The summed E-state index contributed by atoms with van der Waals surface area (Å²) in [5.41, 5.74) is -0.0260. The number of hydrogen-bond acceptors (Lipinski definition) is 6. The van der Waals surface area contributed by atoms with Gasteiger partial charge in [0.25, 0.3) is 0 Å². The van der Waals surface area contributed by atoms with Crippen LogP contribution in [0.5, 0.6) is 5.75 Å². The number of nitro groups is 1. The van der Waals surface area contributed by atoms with Crippen molar-refractivity contribution in [1.82, 2.24) is 0 Å². The third-order valence-electron chi connectivity index (χ3n) is 3.26. The molecule has 0 unspecified atom stereocenters. The molecule has 0 bridgehead atoms. The van der Waals surface area contributed by atoms with Gasteiger partial charge in [0.2, 0.25) is 0 Å². The second-order valence-electron chi connectivity index (χ2n) is 5.17. The number of sulfone groups is 1. The number of anilines is 2. The lowest BCUT2D eigenvalue weighted by Gasteiger charge is -2.12. The first-order valence-corrected chi connectivity index (χ1v) is 8.78. The van der Waals surface area contributed by atoms with E-state index in [0.29, 0.717) is 5.56 Å². The maximum Gasteiger partial charge on any atom is 0.387 e. The molecule has 0 aliphatic rings. The number of benzene rings is 2. The van der Waals surface area contributed by atoms with E-state index in [-0.39, 0.29) is 17.1 Å². The number of nitro benzene ring substituents is 1. The summed E-state index contributed by atoms with van der Waals surface area (Å²) in [7, 11) is -3.83. The zero-order chi connectivity index (χ0) is 18.8. The van der Waals surface area contributed by atoms with Crippen molar-refractivity contribution in [2.24, 2.45) is 0 Å². The average Bonchev–Trinajstić information content (AvgIpc) is 2.48. The topological polar surface area (TPSA) is 98.5 Å². The largest absolute Gasteiger partial charge is 0.434 e. The van der Waals surface area contributed by atoms with Gasteiger partial charge in [-0.3, -0.25) is 10.1 Å². The third-order valence-corrected chi connectivity index (χ3v) is 4.39. The van der Waals surface area contributed by atoms with Crippen LogP contribution in [0.2, 0.25) is 0 Å². The van der Waals surface area contributed by atoms with Crippen LogP contribution in [0.1, 0.15) is 5.56 Å². The molecular formula is C15H14F2N2O5S. The second-order valence-corrected chi connectivity index (χ2v) is 7.15. The molecule has 7 nitrogen and oxygen atoms in total. The van der Waals surface area contributed by atoms with Crippen LogP contribution in [0, 0.1) is 17.0 Å². The molecule has 2 aromatic rings. The monoisotopic (exact) mass is 372 g/mol. The van der Waals surface area contributed by atoms with Crippen molar-refractivity contribution in [2.45, 2.75) is 18.4 Å². The summed E-state index contributed by atoms with van der Waals surface area (Å²) in [6.45, 7) is -1.45. The fourth-order valence-corrected chi connectivity index (χ4v) is 3.03. The predicted molar refractivity (Wildman–Crippen MR) is 87.3 cm³/mol. The third kappa shape index (κ3) is 4.41. The molecule has 2 rings (SSSR count). The Balaban J connectivity index is 2.49. The number of ether oxygens (including phenoxy) is 1. The van der Waals surface area contributed by atoms with Crippen LogP contribution in [0.4, 0.5) is 25.8 Å². The van der Waals surface area contributed by atoms with E-state index in [1.165, 1.54) is 30.3 Å². The van der Waals surface area contributed by atoms with E-state index in [9.17, 15) is 27.3 Å². The normalized spacial score (nSPS) is 11.4. The van der Waals surface area contributed by atoms with E-state index < -0.39 is 32.0 Å². The summed E-state index contributed by atoms with van der Waals surface area (Å²) in [6, 6.07) is 8.03. The lowest BCUT2D eigenvalue weighted by Crippen LogP contribution is -2.06. The first kappa shape index (κ1) is 18.6. The van der Waals surface area contributed by atoms with Crippen LogP contribution in [0.3, 0.4) is 0 Å². The Bertz CT molecular complexity index is 916. The second kappa shape index (κ2) is 7.01. The molecule has 0 saturated carbocycles. The van der Waals surface area contributed by atoms with Gasteiger partial charge in [0.15, 0.2) is 9.84 Å². The standard InChI is InChI=1S/C15H14F2N2O5S/c1-9-6-7-10(8-12(9)24-15(16)17)18-11-4-3-5-13(25(2,22)23)14(11)19(20)21/h3-8,15,18H,1-2H3. The average molecular weight is 372 g/mol. The number of aryl methyl sites for hydroxylation is 1. The molecule has 134 valence electrons. The van der Waals surface area contributed by atoms with Crippen LogP contribution in [-0.4, -0.2) is 26.2 Å². The summed E-state index contributed by atoms with van der Waals surface area (Å²) >= 11 is 0. The van der Waals surface area contributed by atoms with E-state index in [2.05, 4.69) is 10.1 Å². The minimum absolute atomic E-state index is 0.0835. The Morgan fingerprint density at radius 1 is 1.24 bits per heavy atom. The molecule has 0 fully saturated rings. The fourth-order valence-electron chi connectivity index (χ4n) is 2.17. The van der Waals surface area contributed by atoms with Gasteiger partial charge in [-0.05, 0) is 30.7 Å². The van der Waals surface area contributed by atoms with Gasteiger partial charge in [0, 0.05) is 18.0 Å². The summed E-state index contributed by atoms with van der Waals surface area (Å²) in [5.74, 6) is -0.0954. The lowest BCUT2D eigenvalue weighted by atomic mass is 10.2. The van der Waals surface area contributed by atoms with Gasteiger partial charge >= 0.3 is 12.3 Å². The zero-order valence-electron chi connectivity index (χ0n) is 13.2. The van der Waals surface area contributed by atoms with Crippen molar-refractivity contribution in [3.63, 3.8) is 0 Å². The lowest BCUT2D eigenvalue weighted by molar-refractivity contribution is -0.386. The van der Waals surface area contributed by atoms with E-state index in [1.807, 2.05) is 0 Å². The van der Waals surface area contributed by atoms with Crippen molar-refractivity contribution in [1.29, 1.82) is 0 Å². The Labute approximate surface area is 142 Å². The van der Waals surface area contributed by atoms with Gasteiger partial charge in [-0.15, -0.1) is 0 Å². The zero-order valence-corrected chi connectivity index (χ0v) is 14.0. The van der Waals surface area contributed by atoms with Crippen molar-refractivity contribution in [3.05, 3.63) is 52.1 Å². The number of para-hydroxylation sites is 1. The molecule has 1 N–H and O–H groups in total. The first-order valence-electron chi connectivity index (χ1n) is 6.89. The fraction of sp³-hybridized carbons (Fsp3) is 0.200. The molecular weight excluding hydrogens is 358 g/mol. The number of halogens is 2. The van der Waals surface area contributed by atoms with Crippen LogP contribution < -0.4 is 10.1 Å². The number of alkyl halides is 2. The number of nitrogens with zero attached hydrogens (tertiary/aromatic N) is 1. The molecule has 0 heterocycles. The molecule has 0 aliphatic heterocycles. The van der Waals surface area contributed by atoms with Crippen molar-refractivity contribution < 1.29 is 26.9 Å². The van der Waals surface area contributed by atoms with Crippen molar-refractivity contribution in [3.8, 4) is 5.75 Å². The summed E-state index contributed by atoms with van der Waals surface area (Å²) in [4.78, 5) is 10.1. The SMILES string of the molecule is Cc1ccc(Nc2cccc(S(C)(=O)=O)c2[N+](=O)[O-])cc1OC(F)F. The molecule has 0 saturated heterocycles. The highest BCUT2D eigenvalue weighted by Crippen LogP contribution is 2.35. The molecule has 0 atom stereocenters. The minimum Gasteiger partial charge on any atom is -0.434 e. The minimum atomic E-state index is -3.83. The highest BCUT2D eigenvalue weighted by Gasteiger charge is 2.26. The van der Waals surface area contributed by atoms with E-state index in [4.69, 9.17) is 0 Å². The van der Waals surface area contributed by atoms with Crippen molar-refractivity contribution in [2.75, 3.05) is 11.6 Å². The molecule has 0 spiro atoms. The van der Waals surface area contributed by atoms with Gasteiger partial charge in [-0.25, -0.2) is 8.42 Å². The highest BCUT2D eigenvalue weighted by molar-refractivity contribution is 7.90. The quantitative estimate of drug-likeness (QED) is 0.614. The number of nitrogens with one attached hydrogen (secondary N) is 1. The smallest absolute Gasteiger partial charge is 0.387 e. The van der Waals surface area contributed by atoms with E-state index in [1.54, 1.807) is 6.92 Å². The van der Waals surface area contributed by atoms with Crippen LogP contribution in [-0.2, 0) is 9.84 Å². The Morgan fingerprint density at radius 3 is 2.48 bits per heavy atom. The first-order chi connectivity index (χ1) is 11.6. The Hall–Kier alpha value is -2.75. The summed E-state index contributed by atoms with van der Waals surface area (Å²) in [6.07, 6.45) is 0.861. The van der Waals surface area contributed by atoms with Crippen LogP contribution in [0.15, 0.2) is 41.3 Å². The molecule has 0 aliphatic carbocycles. The number of hydrogen-bond donors (Lipinski definition) is 1. The van der Waals surface area contributed by atoms with Gasteiger partial charge in [0.1, 0.15) is 16.3 Å². The van der Waals surface area contributed by atoms with Gasteiger partial charge in [0.05, 0.1) is 4.92 Å². The summed E-state index contributed by atoms with van der Waals surface area (Å²) in [5, 5.41) is 14.0. The van der Waals surface area contributed by atoms with Gasteiger partial charge in [-0.1, -0.05) is 12.1 Å². The molecule has 0 amide bonds. The maximum absolute atomic E-state index is 12.4. The Kier molecular flexibility index (Phi) is 5.21. The highest BCUT2D eigenvalue weighted by atomic mass is 32.2. The van der Waals surface area contributed by atoms with E-state index in [0.717, 1.165) is 12.3 Å². The summed E-state index contributed by atoms with van der Waals surface area (Å²) < 4.78 is 52.7. The molecule has 10 heteroatoms. The van der Waals surface area contributed by atoms with Crippen LogP contribution in [0.25, 0.3) is 0 Å².